The van der Waals surface area contributed by atoms with Crippen LogP contribution in [0, 0.1) is 12.8 Å². The van der Waals surface area contributed by atoms with Crippen LogP contribution in [0.25, 0.3) is 0 Å². The number of hydrogen-bond donors (Lipinski definition) is 2. The molecule has 1 aliphatic carbocycles. The number of hydrogen-bond acceptors (Lipinski definition) is 3. The van der Waals surface area contributed by atoms with E-state index in [1.807, 2.05) is 6.07 Å². The maximum atomic E-state index is 5.92. The molecule has 0 heterocycles. The van der Waals surface area contributed by atoms with Crippen LogP contribution >= 0.6 is 0 Å². The van der Waals surface area contributed by atoms with Gasteiger partial charge < -0.3 is 15.8 Å². The lowest BCUT2D eigenvalue weighted by Gasteiger charge is -2.26. The molecule has 1 saturated carbocycles. The molecule has 0 aromatic heterocycles. The summed E-state index contributed by atoms with van der Waals surface area (Å²) in [5.41, 5.74) is 8.28. The molecule has 0 atom stereocenters. The minimum Gasteiger partial charge on any atom is -0.496 e. The zero-order chi connectivity index (χ0) is 13.0. The summed E-state index contributed by atoms with van der Waals surface area (Å²) in [4.78, 5) is 0. The monoisotopic (exact) mass is 248 g/mol. The number of nitrogens with one attached hydrogen (secondary N) is 1. The SMILES string of the molecule is COc1ccc(NCC2CCC(N)CC2)cc1C. The van der Waals surface area contributed by atoms with E-state index in [0.717, 1.165) is 18.2 Å². The highest BCUT2D eigenvalue weighted by Gasteiger charge is 2.18. The fourth-order valence-electron chi connectivity index (χ4n) is 2.64. The van der Waals surface area contributed by atoms with Gasteiger partial charge in [0.25, 0.3) is 0 Å². The van der Waals surface area contributed by atoms with E-state index in [1.165, 1.54) is 36.9 Å². The maximum absolute atomic E-state index is 5.92. The van der Waals surface area contributed by atoms with Gasteiger partial charge in [0, 0.05) is 18.3 Å². The smallest absolute Gasteiger partial charge is 0.121 e. The van der Waals surface area contributed by atoms with Gasteiger partial charge in [0.2, 0.25) is 0 Å². The molecule has 0 spiro atoms. The molecule has 0 amide bonds. The predicted octanol–water partition coefficient (Wildman–Crippen LogP) is 2.93. The minimum atomic E-state index is 0.435. The van der Waals surface area contributed by atoms with Gasteiger partial charge in [-0.3, -0.25) is 0 Å². The van der Waals surface area contributed by atoms with Gasteiger partial charge in [-0.15, -0.1) is 0 Å². The number of methoxy groups -OCH3 is 1. The van der Waals surface area contributed by atoms with E-state index in [0.29, 0.717) is 6.04 Å². The van der Waals surface area contributed by atoms with Gasteiger partial charge in [-0.2, -0.15) is 0 Å². The van der Waals surface area contributed by atoms with Crippen molar-refractivity contribution in [2.24, 2.45) is 11.7 Å². The number of anilines is 1. The van der Waals surface area contributed by atoms with Gasteiger partial charge in [0.15, 0.2) is 0 Å². The van der Waals surface area contributed by atoms with Gasteiger partial charge in [-0.1, -0.05) is 0 Å². The fourth-order valence-corrected chi connectivity index (χ4v) is 2.64. The number of nitrogens with two attached hydrogens (primary N) is 1. The molecule has 3 nitrogen and oxygen atoms in total. The van der Waals surface area contributed by atoms with E-state index < -0.39 is 0 Å². The van der Waals surface area contributed by atoms with E-state index in [2.05, 4.69) is 24.4 Å². The Balaban J connectivity index is 1.84. The Morgan fingerprint density at radius 2 is 2.00 bits per heavy atom. The molecule has 1 aromatic carbocycles. The highest BCUT2D eigenvalue weighted by Crippen LogP contribution is 2.25. The second kappa shape index (κ2) is 6.10. The summed E-state index contributed by atoms with van der Waals surface area (Å²) in [5.74, 6) is 1.72. The zero-order valence-electron chi connectivity index (χ0n) is 11.4. The Bertz CT molecular complexity index is 384. The van der Waals surface area contributed by atoms with E-state index in [4.69, 9.17) is 10.5 Å². The van der Waals surface area contributed by atoms with E-state index >= 15 is 0 Å². The predicted molar refractivity (Wildman–Crippen MR) is 76.2 cm³/mol. The van der Waals surface area contributed by atoms with Crippen LogP contribution in [0.4, 0.5) is 5.69 Å². The largest absolute Gasteiger partial charge is 0.496 e. The minimum absolute atomic E-state index is 0.435. The molecular formula is C15H24N2O. The third-order valence-electron chi connectivity index (χ3n) is 3.88. The van der Waals surface area contributed by atoms with E-state index in [-0.39, 0.29) is 0 Å². The second-order valence-electron chi connectivity index (χ2n) is 5.35. The average Bonchev–Trinajstić information content (AvgIpc) is 2.38. The van der Waals surface area contributed by atoms with Crippen molar-refractivity contribution in [3.05, 3.63) is 23.8 Å². The summed E-state index contributed by atoms with van der Waals surface area (Å²) in [6.07, 6.45) is 4.86. The van der Waals surface area contributed by atoms with Crippen molar-refractivity contribution in [3.63, 3.8) is 0 Å². The van der Waals surface area contributed by atoms with E-state index in [9.17, 15) is 0 Å². The molecule has 0 bridgehead atoms. The van der Waals surface area contributed by atoms with Crippen LogP contribution in [0.5, 0.6) is 5.75 Å². The molecular weight excluding hydrogens is 224 g/mol. The molecule has 0 aliphatic heterocycles. The normalized spacial score (nSPS) is 23.7. The van der Waals surface area contributed by atoms with Crippen LogP contribution in [0.15, 0.2) is 18.2 Å². The Kier molecular flexibility index (Phi) is 4.48. The number of rotatable bonds is 4. The van der Waals surface area contributed by atoms with Crippen LogP contribution in [0.1, 0.15) is 31.2 Å². The third kappa shape index (κ3) is 3.39. The molecule has 100 valence electrons. The van der Waals surface area contributed by atoms with Crippen molar-refractivity contribution in [2.45, 2.75) is 38.6 Å². The lowest BCUT2D eigenvalue weighted by atomic mass is 9.86. The summed E-state index contributed by atoms with van der Waals surface area (Å²) in [6.45, 7) is 3.13. The molecule has 18 heavy (non-hydrogen) atoms. The summed E-state index contributed by atoms with van der Waals surface area (Å²) >= 11 is 0. The van der Waals surface area contributed by atoms with Gasteiger partial charge in [-0.25, -0.2) is 0 Å². The van der Waals surface area contributed by atoms with Crippen molar-refractivity contribution >= 4 is 5.69 Å². The van der Waals surface area contributed by atoms with Crippen molar-refractivity contribution in [1.82, 2.24) is 0 Å². The van der Waals surface area contributed by atoms with Gasteiger partial charge in [-0.05, 0) is 62.3 Å². The molecule has 1 aliphatic rings. The maximum Gasteiger partial charge on any atom is 0.121 e. The van der Waals surface area contributed by atoms with Crippen LogP contribution in [0.2, 0.25) is 0 Å². The Morgan fingerprint density at radius 3 is 2.61 bits per heavy atom. The Hall–Kier alpha value is -1.22. The van der Waals surface area contributed by atoms with Crippen LogP contribution < -0.4 is 15.8 Å². The first-order valence-corrected chi connectivity index (χ1v) is 6.83. The summed E-state index contributed by atoms with van der Waals surface area (Å²) in [6, 6.07) is 6.69. The molecule has 3 heteroatoms. The number of aryl methyl sites for hydroxylation is 1. The highest BCUT2D eigenvalue weighted by molar-refractivity contribution is 5.50. The van der Waals surface area contributed by atoms with E-state index in [1.54, 1.807) is 7.11 Å². The first kappa shape index (κ1) is 13.2. The molecule has 0 radical (unpaired) electrons. The number of benzene rings is 1. The first-order valence-electron chi connectivity index (χ1n) is 6.83. The molecule has 3 N–H and O–H groups in total. The fraction of sp³-hybridized carbons (Fsp3) is 0.600. The standard InChI is InChI=1S/C15H24N2O/c1-11-9-14(7-8-15(11)18-2)17-10-12-3-5-13(16)6-4-12/h7-9,12-13,17H,3-6,10,16H2,1-2H3. The van der Waals surface area contributed by atoms with Gasteiger partial charge in [0.05, 0.1) is 7.11 Å². The Labute approximate surface area is 110 Å². The summed E-state index contributed by atoms with van der Waals surface area (Å²) in [7, 11) is 1.71. The zero-order valence-corrected chi connectivity index (χ0v) is 11.4. The van der Waals surface area contributed by atoms with Crippen LogP contribution in [-0.2, 0) is 0 Å². The highest BCUT2D eigenvalue weighted by atomic mass is 16.5. The molecule has 1 aromatic rings. The second-order valence-corrected chi connectivity index (χ2v) is 5.35. The van der Waals surface area contributed by atoms with Crippen molar-refractivity contribution in [1.29, 1.82) is 0 Å². The Morgan fingerprint density at radius 1 is 1.28 bits per heavy atom. The molecule has 1 fully saturated rings. The average molecular weight is 248 g/mol. The van der Waals surface area contributed by atoms with Crippen molar-refractivity contribution in [2.75, 3.05) is 19.0 Å². The van der Waals surface area contributed by atoms with Crippen molar-refractivity contribution < 1.29 is 4.74 Å². The number of ether oxygens (including phenoxy) is 1. The van der Waals surface area contributed by atoms with Crippen LogP contribution in [0.3, 0.4) is 0 Å². The quantitative estimate of drug-likeness (QED) is 0.861. The van der Waals surface area contributed by atoms with Crippen LogP contribution in [-0.4, -0.2) is 19.7 Å². The summed E-state index contributed by atoms with van der Waals surface area (Å²) in [5, 5.41) is 3.52. The van der Waals surface area contributed by atoms with Gasteiger partial charge >= 0.3 is 0 Å². The third-order valence-corrected chi connectivity index (χ3v) is 3.88. The van der Waals surface area contributed by atoms with Gasteiger partial charge in [0.1, 0.15) is 5.75 Å². The summed E-state index contributed by atoms with van der Waals surface area (Å²) < 4.78 is 5.26. The molecule has 0 saturated heterocycles. The van der Waals surface area contributed by atoms with Crippen molar-refractivity contribution in [3.8, 4) is 5.75 Å². The lowest BCUT2D eigenvalue weighted by molar-refractivity contribution is 0.339. The topological polar surface area (TPSA) is 47.3 Å². The molecule has 2 rings (SSSR count). The first-order chi connectivity index (χ1) is 8.69. The lowest BCUT2D eigenvalue weighted by Crippen LogP contribution is -2.29. The molecule has 0 unspecified atom stereocenters.